The molecule has 1 saturated heterocycles. The van der Waals surface area contributed by atoms with Crippen LogP contribution < -0.4 is 5.32 Å². The van der Waals surface area contributed by atoms with Gasteiger partial charge in [0.2, 0.25) is 0 Å². The van der Waals surface area contributed by atoms with Crippen molar-refractivity contribution >= 4 is 0 Å². The van der Waals surface area contributed by atoms with E-state index in [4.69, 9.17) is 5.11 Å². The molecule has 90 valence electrons. The number of likely N-dealkylation sites (tertiary alicyclic amines) is 1. The van der Waals surface area contributed by atoms with Gasteiger partial charge in [-0.3, -0.25) is 0 Å². The highest BCUT2D eigenvalue weighted by molar-refractivity contribution is 4.84. The lowest BCUT2D eigenvalue weighted by Crippen LogP contribution is -2.51. The molecule has 3 nitrogen and oxygen atoms in total. The molecule has 0 aromatic heterocycles. The maximum Gasteiger partial charge on any atom is 0.0471 e. The van der Waals surface area contributed by atoms with Gasteiger partial charge in [-0.1, -0.05) is 13.8 Å². The highest BCUT2D eigenvalue weighted by atomic mass is 16.3. The summed E-state index contributed by atoms with van der Waals surface area (Å²) in [5, 5.41) is 12.7. The Bertz CT molecular complexity index is 186. The van der Waals surface area contributed by atoms with E-state index in [1.165, 1.54) is 19.5 Å². The zero-order chi connectivity index (χ0) is 11.4. The Labute approximate surface area is 93.9 Å². The van der Waals surface area contributed by atoms with Gasteiger partial charge in [-0.05, 0) is 38.8 Å². The molecule has 1 heterocycles. The molecule has 15 heavy (non-hydrogen) atoms. The molecule has 0 spiro atoms. The predicted octanol–water partition coefficient (Wildman–Crippen LogP) is 0.933. The Kier molecular flexibility index (Phi) is 5.03. The summed E-state index contributed by atoms with van der Waals surface area (Å²) < 4.78 is 0. The summed E-state index contributed by atoms with van der Waals surface area (Å²) in [7, 11) is 2.19. The molecule has 1 aliphatic rings. The topological polar surface area (TPSA) is 35.5 Å². The molecule has 0 bridgehead atoms. The van der Waals surface area contributed by atoms with E-state index < -0.39 is 0 Å². The van der Waals surface area contributed by atoms with E-state index in [0.29, 0.717) is 23.9 Å². The Morgan fingerprint density at radius 1 is 1.47 bits per heavy atom. The Balaban J connectivity index is 2.37. The molecule has 3 heteroatoms. The molecule has 0 aromatic carbocycles. The van der Waals surface area contributed by atoms with Crippen molar-refractivity contribution in [1.82, 2.24) is 10.2 Å². The van der Waals surface area contributed by atoms with Crippen LogP contribution in [0, 0.1) is 11.8 Å². The lowest BCUT2D eigenvalue weighted by atomic mass is 9.92. The lowest BCUT2D eigenvalue weighted by molar-refractivity contribution is 0.144. The van der Waals surface area contributed by atoms with Gasteiger partial charge in [0.15, 0.2) is 0 Å². The van der Waals surface area contributed by atoms with Gasteiger partial charge in [-0.15, -0.1) is 0 Å². The van der Waals surface area contributed by atoms with E-state index in [0.717, 1.165) is 0 Å². The number of hydrogen-bond acceptors (Lipinski definition) is 3. The first-order chi connectivity index (χ1) is 7.04. The van der Waals surface area contributed by atoms with Crippen LogP contribution in [0.1, 0.15) is 27.2 Å². The maximum atomic E-state index is 9.09. The van der Waals surface area contributed by atoms with Crippen molar-refractivity contribution in [3.8, 4) is 0 Å². The number of aliphatic hydroxyl groups excluding tert-OH is 1. The first-order valence-electron chi connectivity index (χ1n) is 6.10. The van der Waals surface area contributed by atoms with Crippen molar-refractivity contribution in [2.75, 3.05) is 26.7 Å². The smallest absolute Gasteiger partial charge is 0.0471 e. The molecule has 4 unspecified atom stereocenters. The number of nitrogens with zero attached hydrogens (tertiary/aromatic N) is 1. The van der Waals surface area contributed by atoms with Crippen molar-refractivity contribution in [2.45, 2.75) is 39.3 Å². The van der Waals surface area contributed by atoms with Gasteiger partial charge in [0.25, 0.3) is 0 Å². The molecule has 0 saturated carbocycles. The molecule has 0 aliphatic carbocycles. The summed E-state index contributed by atoms with van der Waals surface area (Å²) in [4.78, 5) is 2.39. The summed E-state index contributed by atoms with van der Waals surface area (Å²) in [5.41, 5.74) is 0. The third-order valence-corrected chi connectivity index (χ3v) is 3.73. The average Bonchev–Trinajstić information content (AvgIpc) is 2.20. The summed E-state index contributed by atoms with van der Waals surface area (Å²) in [6, 6.07) is 1.02. The molecule has 4 atom stereocenters. The highest BCUT2D eigenvalue weighted by Crippen LogP contribution is 2.17. The number of hydrogen-bond donors (Lipinski definition) is 2. The van der Waals surface area contributed by atoms with Crippen LogP contribution in [0.3, 0.4) is 0 Å². The number of nitrogens with one attached hydrogen (secondary N) is 1. The minimum absolute atomic E-state index is 0.273. The van der Waals surface area contributed by atoms with Crippen LogP contribution in [-0.2, 0) is 0 Å². The van der Waals surface area contributed by atoms with E-state index in [1.807, 2.05) is 0 Å². The van der Waals surface area contributed by atoms with Gasteiger partial charge in [0, 0.05) is 25.2 Å². The maximum absolute atomic E-state index is 9.09. The van der Waals surface area contributed by atoms with Crippen LogP contribution in [0.2, 0.25) is 0 Å². The number of rotatable bonds is 4. The zero-order valence-corrected chi connectivity index (χ0v) is 10.5. The Hall–Kier alpha value is -0.120. The van der Waals surface area contributed by atoms with Gasteiger partial charge < -0.3 is 15.3 Å². The van der Waals surface area contributed by atoms with E-state index in [9.17, 15) is 0 Å². The largest absolute Gasteiger partial charge is 0.396 e. The molecule has 0 amide bonds. The second kappa shape index (κ2) is 5.83. The minimum atomic E-state index is 0.273. The summed E-state index contributed by atoms with van der Waals surface area (Å²) in [6.45, 7) is 9.21. The second-order valence-electron chi connectivity index (χ2n) is 5.25. The van der Waals surface area contributed by atoms with Crippen LogP contribution in [0.25, 0.3) is 0 Å². The van der Waals surface area contributed by atoms with Crippen molar-refractivity contribution in [1.29, 1.82) is 0 Å². The average molecular weight is 214 g/mol. The van der Waals surface area contributed by atoms with Crippen LogP contribution in [0.5, 0.6) is 0 Å². The van der Waals surface area contributed by atoms with Crippen molar-refractivity contribution in [2.24, 2.45) is 11.8 Å². The standard InChI is InChI=1S/C12H26N2O/c1-9-7-14(4)6-5-12(9)13-11(3)10(2)8-15/h9-13,15H,5-8H2,1-4H3. The highest BCUT2D eigenvalue weighted by Gasteiger charge is 2.26. The molecule has 1 fully saturated rings. The summed E-state index contributed by atoms with van der Waals surface area (Å²) in [5.74, 6) is 1.05. The fourth-order valence-corrected chi connectivity index (χ4v) is 2.26. The van der Waals surface area contributed by atoms with Crippen LogP contribution >= 0.6 is 0 Å². The Morgan fingerprint density at radius 3 is 2.67 bits per heavy atom. The van der Waals surface area contributed by atoms with Gasteiger partial charge in [-0.25, -0.2) is 0 Å². The van der Waals surface area contributed by atoms with E-state index in [-0.39, 0.29) is 6.61 Å². The SMILES string of the molecule is CC(CO)C(C)NC1CCN(C)CC1C. The predicted molar refractivity (Wildman–Crippen MR) is 63.9 cm³/mol. The van der Waals surface area contributed by atoms with Gasteiger partial charge >= 0.3 is 0 Å². The zero-order valence-electron chi connectivity index (χ0n) is 10.5. The van der Waals surface area contributed by atoms with Crippen molar-refractivity contribution < 1.29 is 5.11 Å². The van der Waals surface area contributed by atoms with Gasteiger partial charge in [0.1, 0.15) is 0 Å². The fourth-order valence-electron chi connectivity index (χ4n) is 2.26. The third kappa shape index (κ3) is 3.74. The van der Waals surface area contributed by atoms with E-state index in [1.54, 1.807) is 0 Å². The normalized spacial score (nSPS) is 32.6. The van der Waals surface area contributed by atoms with Gasteiger partial charge in [0.05, 0.1) is 0 Å². The molecular formula is C12H26N2O. The van der Waals surface area contributed by atoms with Crippen molar-refractivity contribution in [3.05, 3.63) is 0 Å². The van der Waals surface area contributed by atoms with Crippen LogP contribution in [0.4, 0.5) is 0 Å². The third-order valence-electron chi connectivity index (χ3n) is 3.73. The summed E-state index contributed by atoms with van der Waals surface area (Å²) in [6.07, 6.45) is 1.22. The first kappa shape index (κ1) is 12.9. The molecule has 2 N–H and O–H groups in total. The molecule has 1 rings (SSSR count). The van der Waals surface area contributed by atoms with E-state index in [2.05, 4.69) is 38.0 Å². The molecule has 0 aromatic rings. The summed E-state index contributed by atoms with van der Waals surface area (Å²) >= 11 is 0. The van der Waals surface area contributed by atoms with Crippen LogP contribution in [-0.4, -0.2) is 48.8 Å². The van der Waals surface area contributed by atoms with E-state index >= 15 is 0 Å². The van der Waals surface area contributed by atoms with Crippen LogP contribution in [0.15, 0.2) is 0 Å². The number of aliphatic hydroxyl groups is 1. The Morgan fingerprint density at radius 2 is 2.13 bits per heavy atom. The fraction of sp³-hybridized carbons (Fsp3) is 1.00. The quantitative estimate of drug-likeness (QED) is 0.731. The number of piperidine rings is 1. The molecule has 0 radical (unpaired) electrons. The minimum Gasteiger partial charge on any atom is -0.396 e. The monoisotopic (exact) mass is 214 g/mol. The van der Waals surface area contributed by atoms with Gasteiger partial charge in [-0.2, -0.15) is 0 Å². The molecule has 1 aliphatic heterocycles. The second-order valence-corrected chi connectivity index (χ2v) is 5.25. The van der Waals surface area contributed by atoms with Crippen molar-refractivity contribution in [3.63, 3.8) is 0 Å². The molecular weight excluding hydrogens is 188 g/mol. The lowest BCUT2D eigenvalue weighted by Gasteiger charge is -2.37. The first-order valence-corrected chi connectivity index (χ1v) is 6.10.